The van der Waals surface area contributed by atoms with Crippen molar-refractivity contribution in [2.45, 2.75) is 44.3 Å². The summed E-state index contributed by atoms with van der Waals surface area (Å²) >= 11 is 0. The number of halogens is 3. The number of ether oxygens (including phenoxy) is 1. The van der Waals surface area contributed by atoms with Crippen LogP contribution in [0, 0.1) is 11.8 Å². The predicted molar refractivity (Wildman–Crippen MR) is 129 cm³/mol. The predicted octanol–water partition coefficient (Wildman–Crippen LogP) is 4.20. The van der Waals surface area contributed by atoms with Crippen molar-refractivity contribution in [1.29, 1.82) is 0 Å². The maximum atomic E-state index is 12.8. The molecule has 9 heteroatoms. The van der Waals surface area contributed by atoms with Crippen LogP contribution in [0.5, 0.6) is 5.75 Å². The zero-order valence-corrected chi connectivity index (χ0v) is 20.0. The summed E-state index contributed by atoms with van der Waals surface area (Å²) in [6.45, 7) is 3.07. The highest BCUT2D eigenvalue weighted by atomic mass is 19.4. The van der Waals surface area contributed by atoms with Crippen LogP contribution in [-0.2, 0) is 0 Å². The molecule has 2 heterocycles. The van der Waals surface area contributed by atoms with Crippen molar-refractivity contribution >= 4 is 0 Å². The van der Waals surface area contributed by atoms with Crippen LogP contribution in [0.2, 0.25) is 0 Å². The molecule has 1 unspecified atom stereocenters. The van der Waals surface area contributed by atoms with Crippen LogP contribution < -0.4 is 4.74 Å². The van der Waals surface area contributed by atoms with Crippen molar-refractivity contribution in [3.63, 3.8) is 0 Å². The van der Waals surface area contributed by atoms with Gasteiger partial charge in [0.1, 0.15) is 35.9 Å². The summed E-state index contributed by atoms with van der Waals surface area (Å²) in [4.78, 5) is 5.47. The first kappa shape index (κ1) is 25.8. The van der Waals surface area contributed by atoms with Crippen LogP contribution in [-0.4, -0.2) is 62.7 Å². The number of benzene rings is 2. The Morgan fingerprint density at radius 1 is 1.06 bits per heavy atom. The van der Waals surface area contributed by atoms with E-state index < -0.39 is 24.4 Å². The summed E-state index contributed by atoms with van der Waals surface area (Å²) in [7, 11) is 0. The lowest BCUT2D eigenvalue weighted by Crippen LogP contribution is -2.60. The van der Waals surface area contributed by atoms with Crippen molar-refractivity contribution in [1.82, 2.24) is 14.5 Å². The second-order valence-electron chi connectivity index (χ2n) is 8.85. The lowest BCUT2D eigenvalue weighted by Gasteiger charge is -2.43. The van der Waals surface area contributed by atoms with Crippen molar-refractivity contribution in [3.8, 4) is 28.7 Å². The molecule has 1 aliphatic rings. The fourth-order valence-electron chi connectivity index (χ4n) is 4.01. The minimum atomic E-state index is -4.23. The zero-order chi connectivity index (χ0) is 25.9. The zero-order valence-electron chi connectivity index (χ0n) is 20.0. The molecule has 0 aliphatic carbocycles. The van der Waals surface area contributed by atoms with E-state index in [9.17, 15) is 23.4 Å². The second kappa shape index (κ2) is 10.7. The van der Waals surface area contributed by atoms with Crippen molar-refractivity contribution in [2.75, 3.05) is 19.7 Å². The molecule has 3 aromatic rings. The van der Waals surface area contributed by atoms with Crippen LogP contribution in [0.1, 0.15) is 37.4 Å². The fourth-order valence-corrected chi connectivity index (χ4v) is 4.01. The van der Waals surface area contributed by atoms with Crippen LogP contribution in [0.25, 0.3) is 11.1 Å². The van der Waals surface area contributed by atoms with Gasteiger partial charge in [0, 0.05) is 31.0 Å². The van der Waals surface area contributed by atoms with Gasteiger partial charge in [0.15, 0.2) is 0 Å². The average Bonchev–Trinajstić information content (AvgIpc) is 3.32. The molecule has 1 saturated heterocycles. The minimum absolute atomic E-state index is 0.212. The third-order valence-corrected chi connectivity index (χ3v) is 6.24. The Kier molecular flexibility index (Phi) is 7.69. The molecule has 0 bridgehead atoms. The molecule has 0 radical (unpaired) electrons. The molecule has 1 fully saturated rings. The van der Waals surface area contributed by atoms with E-state index in [0.717, 1.165) is 16.7 Å². The third kappa shape index (κ3) is 5.90. The SMILES string of the molecule is CC(N1CC(Oc2ccc(-c3ccc(C#C[C@@H](CO)n4ccnc4[C@H](C)O)cc3)cc2)C1)C(F)(F)F. The molecule has 190 valence electrons. The number of aromatic nitrogens is 2. The highest BCUT2D eigenvalue weighted by Crippen LogP contribution is 2.30. The van der Waals surface area contributed by atoms with Crippen LogP contribution in [0.4, 0.5) is 13.2 Å². The smallest absolute Gasteiger partial charge is 0.403 e. The molecule has 1 aromatic heterocycles. The molecule has 1 aliphatic heterocycles. The standard InChI is InChI=1S/C27H28F3N3O3/c1-18(35)26-31-13-14-33(26)23(17-34)10-5-20-3-6-21(7-4-20)22-8-11-24(12-9-22)36-25-15-32(16-25)19(2)27(28,29)30/h3-4,6-9,11-14,18-19,23,25,34-35H,15-17H2,1-2H3/t18-,19?,23-/m0/s1. The number of hydrogen-bond donors (Lipinski definition) is 2. The number of rotatable bonds is 7. The molecule has 36 heavy (non-hydrogen) atoms. The van der Waals surface area contributed by atoms with E-state index in [1.165, 1.54) is 11.8 Å². The largest absolute Gasteiger partial charge is 0.488 e. The van der Waals surface area contributed by atoms with Gasteiger partial charge in [-0.05, 0) is 49.2 Å². The second-order valence-corrected chi connectivity index (χ2v) is 8.85. The average molecular weight is 500 g/mol. The summed E-state index contributed by atoms with van der Waals surface area (Å²) in [5, 5.41) is 19.6. The maximum Gasteiger partial charge on any atom is 0.403 e. The molecule has 0 spiro atoms. The molecular weight excluding hydrogens is 471 g/mol. The third-order valence-electron chi connectivity index (χ3n) is 6.24. The van der Waals surface area contributed by atoms with Gasteiger partial charge in [0.05, 0.1) is 6.61 Å². The van der Waals surface area contributed by atoms with Gasteiger partial charge in [-0.3, -0.25) is 4.90 Å². The summed E-state index contributed by atoms with van der Waals surface area (Å²) in [5.41, 5.74) is 2.72. The van der Waals surface area contributed by atoms with E-state index in [4.69, 9.17) is 4.74 Å². The van der Waals surface area contributed by atoms with Gasteiger partial charge in [0.25, 0.3) is 0 Å². The lowest BCUT2D eigenvalue weighted by atomic mass is 10.0. The summed E-state index contributed by atoms with van der Waals surface area (Å²) < 4.78 is 45.8. The van der Waals surface area contributed by atoms with E-state index in [-0.39, 0.29) is 25.8 Å². The molecule has 6 nitrogen and oxygen atoms in total. The highest BCUT2D eigenvalue weighted by Gasteiger charge is 2.45. The summed E-state index contributed by atoms with van der Waals surface area (Å²) in [6.07, 6.45) is -2.00. The Bertz CT molecular complexity index is 1210. The number of likely N-dealkylation sites (tertiary alicyclic amines) is 1. The first-order valence-corrected chi connectivity index (χ1v) is 11.7. The van der Waals surface area contributed by atoms with Crippen LogP contribution >= 0.6 is 0 Å². The monoisotopic (exact) mass is 499 g/mol. The highest BCUT2D eigenvalue weighted by molar-refractivity contribution is 5.65. The van der Waals surface area contributed by atoms with E-state index in [1.807, 2.05) is 48.5 Å². The Balaban J connectivity index is 1.35. The van der Waals surface area contributed by atoms with E-state index >= 15 is 0 Å². The fraction of sp³-hybridized carbons (Fsp3) is 0.370. The van der Waals surface area contributed by atoms with Crippen LogP contribution in [0.15, 0.2) is 60.9 Å². The Morgan fingerprint density at radius 2 is 1.67 bits per heavy atom. The van der Waals surface area contributed by atoms with Gasteiger partial charge in [-0.2, -0.15) is 13.2 Å². The minimum Gasteiger partial charge on any atom is -0.488 e. The normalized spacial score (nSPS) is 17.0. The first-order valence-electron chi connectivity index (χ1n) is 11.7. The maximum absolute atomic E-state index is 12.8. The van der Waals surface area contributed by atoms with Gasteiger partial charge >= 0.3 is 6.18 Å². The molecule has 3 atom stereocenters. The molecule has 2 N–H and O–H groups in total. The number of hydrogen-bond acceptors (Lipinski definition) is 5. The van der Waals surface area contributed by atoms with Crippen molar-refractivity contribution in [2.24, 2.45) is 0 Å². The van der Waals surface area contributed by atoms with E-state index in [0.29, 0.717) is 11.6 Å². The molecule has 0 amide bonds. The Labute approximate surface area is 208 Å². The van der Waals surface area contributed by atoms with Crippen molar-refractivity contribution in [3.05, 3.63) is 72.3 Å². The van der Waals surface area contributed by atoms with E-state index in [2.05, 4.69) is 16.8 Å². The Morgan fingerprint density at radius 3 is 2.22 bits per heavy atom. The number of aliphatic hydroxyl groups is 2. The lowest BCUT2D eigenvalue weighted by molar-refractivity contribution is -0.197. The number of alkyl halides is 3. The van der Waals surface area contributed by atoms with Crippen molar-refractivity contribution < 1.29 is 28.1 Å². The Hall–Kier alpha value is -3.32. The number of aliphatic hydroxyl groups excluding tert-OH is 2. The molecular formula is C27H28F3N3O3. The first-order chi connectivity index (χ1) is 17.2. The van der Waals surface area contributed by atoms with Gasteiger partial charge in [0.2, 0.25) is 0 Å². The number of nitrogens with zero attached hydrogens (tertiary/aromatic N) is 3. The molecule has 4 rings (SSSR count). The summed E-state index contributed by atoms with van der Waals surface area (Å²) in [6, 6.07) is 13.1. The van der Waals surface area contributed by atoms with E-state index in [1.54, 1.807) is 23.9 Å². The molecule has 2 aromatic carbocycles. The van der Waals surface area contributed by atoms with Gasteiger partial charge in [-0.1, -0.05) is 36.1 Å². The number of imidazole rings is 1. The summed E-state index contributed by atoms with van der Waals surface area (Å²) in [5.74, 6) is 7.15. The van der Waals surface area contributed by atoms with Gasteiger partial charge < -0.3 is 19.5 Å². The van der Waals surface area contributed by atoms with Gasteiger partial charge in [-0.15, -0.1) is 0 Å². The van der Waals surface area contributed by atoms with Gasteiger partial charge in [-0.25, -0.2) is 4.98 Å². The van der Waals surface area contributed by atoms with Crippen LogP contribution in [0.3, 0.4) is 0 Å². The molecule has 0 saturated carbocycles. The quantitative estimate of drug-likeness (QED) is 0.477. The topological polar surface area (TPSA) is 70.8 Å².